The Morgan fingerprint density at radius 1 is 0.417 bits per heavy atom. The molecule has 0 radical (unpaired) electrons. The molecule has 0 fully saturated rings. The molecule has 9 aromatic carbocycles. The molecule has 0 bridgehead atoms. The minimum atomic E-state index is -2.75. The van der Waals surface area contributed by atoms with Crippen LogP contribution >= 0.6 is 0 Å². The monoisotopic (exact) mass is 779 g/mol. The quantitative estimate of drug-likeness (QED) is 0.165. The third-order valence-corrected chi connectivity index (χ3v) is 18.3. The van der Waals surface area contributed by atoms with Gasteiger partial charge in [0.2, 0.25) is 0 Å². The minimum absolute atomic E-state index is 0.0606. The summed E-state index contributed by atoms with van der Waals surface area (Å²) in [5, 5.41) is 5.93. The summed E-state index contributed by atoms with van der Waals surface area (Å²) in [5.74, 6) is 0. The number of benzene rings is 9. The number of nitrogens with zero attached hydrogens (tertiary/aromatic N) is 3. The van der Waals surface area contributed by atoms with Gasteiger partial charge in [-0.3, -0.25) is 0 Å². The highest BCUT2D eigenvalue weighted by atomic mass is 28.3. The van der Waals surface area contributed by atoms with Gasteiger partial charge in [0, 0.05) is 51.1 Å². The Hall–Kier alpha value is -7.34. The molecule has 3 nitrogen and oxygen atoms in total. The van der Waals surface area contributed by atoms with Gasteiger partial charge in [0.05, 0.1) is 0 Å². The van der Waals surface area contributed by atoms with Crippen molar-refractivity contribution >= 4 is 92.1 Å². The van der Waals surface area contributed by atoms with E-state index >= 15 is 0 Å². The van der Waals surface area contributed by atoms with Crippen molar-refractivity contribution in [1.82, 2.24) is 0 Å². The Labute approximate surface area is 352 Å². The van der Waals surface area contributed by atoms with Gasteiger partial charge in [-0.05, 0) is 122 Å². The van der Waals surface area contributed by atoms with Gasteiger partial charge < -0.3 is 14.6 Å². The van der Waals surface area contributed by atoms with Crippen LogP contribution in [0.1, 0.15) is 5.56 Å². The number of hydrogen-bond acceptors (Lipinski definition) is 3. The first-order chi connectivity index (χ1) is 29.7. The second kappa shape index (κ2) is 12.6. The Bertz CT molecular complexity index is 3120. The lowest BCUT2D eigenvalue weighted by Crippen LogP contribution is -2.78. The summed E-state index contributed by atoms with van der Waals surface area (Å²) in [7, 11) is -2.75. The minimum Gasteiger partial charge on any atom is -0.376 e. The number of fused-ring (bicyclic) bond motifs is 13. The van der Waals surface area contributed by atoms with Crippen LogP contribution in [0.3, 0.4) is 0 Å². The zero-order chi connectivity index (χ0) is 39.5. The van der Waals surface area contributed by atoms with Crippen molar-refractivity contribution in [2.75, 3.05) is 14.6 Å². The third-order valence-electron chi connectivity index (χ3n) is 13.4. The van der Waals surface area contributed by atoms with Gasteiger partial charge in [0.15, 0.2) is 8.07 Å². The molecule has 4 heterocycles. The van der Waals surface area contributed by atoms with Gasteiger partial charge in [-0.1, -0.05) is 152 Å². The topological polar surface area (TPSA) is 9.72 Å². The second-order valence-electron chi connectivity index (χ2n) is 16.5. The molecule has 13 rings (SSSR count). The molecule has 0 amide bonds. The van der Waals surface area contributed by atoms with E-state index in [2.05, 4.69) is 234 Å². The summed E-state index contributed by atoms with van der Waals surface area (Å²) >= 11 is 0. The molecule has 60 heavy (non-hydrogen) atoms. The molecular formula is C55H38BN3Si. The lowest BCUT2D eigenvalue weighted by molar-refractivity contribution is 1.24. The largest absolute Gasteiger partial charge is 0.376 e. The number of anilines is 8. The Morgan fingerprint density at radius 2 is 0.983 bits per heavy atom. The van der Waals surface area contributed by atoms with E-state index in [1.165, 1.54) is 82.2 Å². The van der Waals surface area contributed by atoms with E-state index in [4.69, 9.17) is 0 Å². The fraction of sp³-hybridized carbons (Fsp3) is 0.0182. The van der Waals surface area contributed by atoms with Gasteiger partial charge in [-0.15, -0.1) is 0 Å². The Balaban J connectivity index is 1.14. The van der Waals surface area contributed by atoms with Crippen molar-refractivity contribution in [2.45, 2.75) is 6.92 Å². The van der Waals surface area contributed by atoms with Crippen LogP contribution in [0, 0.1) is 6.92 Å². The molecule has 0 saturated heterocycles. The second-order valence-corrected chi connectivity index (χ2v) is 20.2. The van der Waals surface area contributed by atoms with E-state index in [1.807, 2.05) is 0 Å². The van der Waals surface area contributed by atoms with Gasteiger partial charge >= 0.3 is 6.85 Å². The van der Waals surface area contributed by atoms with E-state index in [1.54, 1.807) is 0 Å². The van der Waals surface area contributed by atoms with Crippen LogP contribution in [0.15, 0.2) is 212 Å². The van der Waals surface area contributed by atoms with Crippen LogP contribution in [-0.4, -0.2) is 14.9 Å². The Morgan fingerprint density at radius 3 is 1.67 bits per heavy atom. The van der Waals surface area contributed by atoms with Gasteiger partial charge in [-0.25, -0.2) is 0 Å². The fourth-order valence-corrected chi connectivity index (χ4v) is 16.8. The van der Waals surface area contributed by atoms with Crippen molar-refractivity contribution in [3.63, 3.8) is 0 Å². The van der Waals surface area contributed by atoms with Crippen molar-refractivity contribution in [3.05, 3.63) is 218 Å². The summed E-state index contributed by atoms with van der Waals surface area (Å²) in [4.78, 5) is 7.66. The van der Waals surface area contributed by atoms with Crippen molar-refractivity contribution < 1.29 is 0 Å². The van der Waals surface area contributed by atoms with Crippen LogP contribution in [0.25, 0.3) is 22.3 Å². The highest BCUT2D eigenvalue weighted by Crippen LogP contribution is 2.50. The normalized spacial score (nSPS) is 14.1. The smallest absolute Gasteiger partial charge is 0.333 e. The number of aryl methyl sites for hydroxylation is 1. The standard InChI is InChI=1S/C55H38BN3Si/c1-37-34-45-44-26-17-31-53-55(44)59(47-27-13-16-30-52(47)60(53)50-28-14-11-24-42(50)43-25-12-15-29-51(43)60)56-46-33-32-41(57(38-18-5-2-6-19-38)39-20-7-3-8-21-39)36-48(46)58(49(35-37)54(45)56)40-22-9-4-10-23-40/h2-36H,1H3. The SMILES string of the molecule is Cc1cc2c3c(c1)N(c1ccccc1)c1cc(N(c4ccccc4)c4ccccc4)ccc1B3N1c3ccccc3[Si]3(c4ccccc4-c4ccccc43)c3cccc-2c31. The van der Waals surface area contributed by atoms with Gasteiger partial charge in [-0.2, -0.15) is 0 Å². The molecule has 0 saturated carbocycles. The maximum absolute atomic E-state index is 2.75. The molecule has 4 aliphatic heterocycles. The van der Waals surface area contributed by atoms with E-state index in [0.29, 0.717) is 0 Å². The van der Waals surface area contributed by atoms with E-state index < -0.39 is 8.07 Å². The zero-order valence-electron chi connectivity index (χ0n) is 33.1. The van der Waals surface area contributed by atoms with E-state index in [0.717, 1.165) is 22.7 Å². The number of rotatable bonds is 4. The van der Waals surface area contributed by atoms with Crippen LogP contribution in [0.2, 0.25) is 0 Å². The zero-order valence-corrected chi connectivity index (χ0v) is 34.1. The summed E-state index contributed by atoms with van der Waals surface area (Å²) < 4.78 is 0. The molecule has 0 atom stereocenters. The van der Waals surface area contributed by atoms with Crippen molar-refractivity contribution in [3.8, 4) is 22.3 Å². The number of para-hydroxylation sites is 5. The molecule has 9 aromatic rings. The molecule has 4 aliphatic rings. The molecule has 5 heteroatoms. The first-order valence-corrected chi connectivity index (χ1v) is 23.0. The molecule has 0 unspecified atom stereocenters. The summed E-state index contributed by atoms with van der Waals surface area (Å²) in [6, 6.07) is 79.7. The lowest BCUT2D eigenvalue weighted by atomic mass is 9.43. The van der Waals surface area contributed by atoms with Crippen molar-refractivity contribution in [1.29, 1.82) is 0 Å². The van der Waals surface area contributed by atoms with E-state index in [-0.39, 0.29) is 6.85 Å². The number of hydrogen-bond donors (Lipinski definition) is 0. The predicted octanol–water partition coefficient (Wildman–Crippen LogP) is 9.84. The Kier molecular flexibility index (Phi) is 7.05. The average molecular weight is 780 g/mol. The summed E-state index contributed by atoms with van der Waals surface area (Å²) in [6.45, 7) is 2.21. The van der Waals surface area contributed by atoms with Crippen molar-refractivity contribution in [2.24, 2.45) is 0 Å². The maximum Gasteiger partial charge on any atom is 0.333 e. The first-order valence-electron chi connectivity index (χ1n) is 21.0. The maximum atomic E-state index is 2.75. The average Bonchev–Trinajstić information content (AvgIpc) is 3.60. The first kappa shape index (κ1) is 33.6. The van der Waals surface area contributed by atoms with Crippen LogP contribution in [0.5, 0.6) is 0 Å². The third kappa shape index (κ3) is 4.39. The van der Waals surface area contributed by atoms with E-state index in [9.17, 15) is 0 Å². The molecule has 0 aliphatic carbocycles. The molecule has 280 valence electrons. The fourth-order valence-electron chi connectivity index (χ4n) is 11.3. The molecule has 0 aromatic heterocycles. The van der Waals surface area contributed by atoms with Crippen LogP contribution < -0.4 is 46.3 Å². The summed E-state index contributed by atoms with van der Waals surface area (Å²) in [5.41, 5.74) is 18.9. The van der Waals surface area contributed by atoms with Gasteiger partial charge in [0.25, 0.3) is 0 Å². The molecule has 1 spiro atoms. The highest BCUT2D eigenvalue weighted by Gasteiger charge is 2.57. The lowest BCUT2D eigenvalue weighted by Gasteiger charge is -2.51. The summed E-state index contributed by atoms with van der Waals surface area (Å²) in [6.07, 6.45) is 0. The van der Waals surface area contributed by atoms with Gasteiger partial charge in [0.1, 0.15) is 0 Å². The molecule has 0 N–H and O–H groups in total. The molecular weight excluding hydrogens is 742 g/mol. The highest BCUT2D eigenvalue weighted by molar-refractivity contribution is 7.24. The van der Waals surface area contributed by atoms with Crippen LogP contribution in [0.4, 0.5) is 45.5 Å². The predicted molar refractivity (Wildman–Crippen MR) is 256 cm³/mol. The van der Waals surface area contributed by atoms with Crippen LogP contribution in [-0.2, 0) is 0 Å².